The average Bonchev–Trinajstić information content (AvgIpc) is 2.58. The summed E-state index contributed by atoms with van der Waals surface area (Å²) in [5.74, 6) is 2.88. The summed E-state index contributed by atoms with van der Waals surface area (Å²) in [4.78, 5) is 0.00471. The third-order valence-corrected chi connectivity index (χ3v) is 4.16. The van der Waals surface area contributed by atoms with E-state index in [1.54, 1.807) is 29.3 Å². The van der Waals surface area contributed by atoms with Gasteiger partial charge in [-0.05, 0) is 36.8 Å². The van der Waals surface area contributed by atoms with Gasteiger partial charge in [-0.3, -0.25) is 0 Å². The molecule has 0 spiro atoms. The highest BCUT2D eigenvalue weighted by Gasteiger charge is 2.19. The molecule has 25 heavy (non-hydrogen) atoms. The molecule has 132 valence electrons. The molecule has 5 nitrogen and oxygen atoms in total. The summed E-state index contributed by atoms with van der Waals surface area (Å²) in [7, 11) is -3.78. The highest BCUT2D eigenvalue weighted by Crippen LogP contribution is 2.23. The standard InChI is InChI=1S/C18H20ClN3O2S/c1-4-7-15(8-5-2)18(6-3)22(21-14-13-19)16-9-11-17(12-10-16)25(20,23)24/h3-5,7-12,14,18H,1,13H2,2H3,(H2,20,23,24)/b8-5-,15-7+,21-14-. The van der Waals surface area contributed by atoms with E-state index in [1.807, 2.05) is 19.1 Å². The Bertz CT molecular complexity index is 819. The molecule has 0 amide bonds. The summed E-state index contributed by atoms with van der Waals surface area (Å²) in [5, 5.41) is 11.0. The lowest BCUT2D eigenvalue weighted by Gasteiger charge is -2.26. The Morgan fingerprint density at radius 2 is 2.12 bits per heavy atom. The van der Waals surface area contributed by atoms with Gasteiger partial charge in [0.05, 0.1) is 16.5 Å². The van der Waals surface area contributed by atoms with Crippen LogP contribution in [-0.2, 0) is 10.0 Å². The van der Waals surface area contributed by atoms with Crippen molar-refractivity contribution in [3.8, 4) is 12.3 Å². The molecule has 7 heteroatoms. The normalized spacial score (nSPS) is 13.8. The molecule has 0 aliphatic carbocycles. The maximum Gasteiger partial charge on any atom is 0.238 e. The Labute approximate surface area is 154 Å². The molecule has 1 aromatic rings. The smallest absolute Gasteiger partial charge is 0.238 e. The van der Waals surface area contributed by atoms with Gasteiger partial charge in [0.1, 0.15) is 6.04 Å². The van der Waals surface area contributed by atoms with Crippen LogP contribution in [0.25, 0.3) is 0 Å². The number of hydrogen-bond donors (Lipinski definition) is 1. The van der Waals surface area contributed by atoms with Crippen molar-refractivity contribution in [3.63, 3.8) is 0 Å². The molecule has 0 saturated carbocycles. The average molecular weight is 378 g/mol. The highest BCUT2D eigenvalue weighted by atomic mass is 35.5. The molecule has 0 aromatic heterocycles. The van der Waals surface area contributed by atoms with Crippen LogP contribution in [0.3, 0.4) is 0 Å². The topological polar surface area (TPSA) is 75.8 Å². The van der Waals surface area contributed by atoms with Gasteiger partial charge in [-0.15, -0.1) is 18.0 Å². The monoisotopic (exact) mass is 377 g/mol. The van der Waals surface area contributed by atoms with Crippen LogP contribution >= 0.6 is 11.6 Å². The number of primary sulfonamides is 1. The molecule has 2 N–H and O–H groups in total. The summed E-state index contributed by atoms with van der Waals surface area (Å²) in [6.45, 7) is 5.57. The Kier molecular flexibility index (Phi) is 8.16. The first kappa shape index (κ1) is 20.7. The number of benzene rings is 1. The lowest BCUT2D eigenvalue weighted by molar-refractivity contribution is 0.598. The SMILES string of the molecule is C#CC(C(/C=C\C)=C/C=C)N(/N=C\CCl)c1ccc(S(N)(=O)=O)cc1. The summed E-state index contributed by atoms with van der Waals surface area (Å²) < 4.78 is 22.8. The Morgan fingerprint density at radius 3 is 2.56 bits per heavy atom. The third kappa shape index (κ3) is 5.91. The molecule has 0 heterocycles. The molecule has 0 aliphatic heterocycles. The van der Waals surface area contributed by atoms with E-state index < -0.39 is 16.1 Å². The van der Waals surface area contributed by atoms with Gasteiger partial charge in [0.25, 0.3) is 0 Å². The van der Waals surface area contributed by atoms with Gasteiger partial charge in [-0.2, -0.15) is 5.10 Å². The van der Waals surface area contributed by atoms with Crippen molar-refractivity contribution >= 4 is 33.5 Å². The number of halogens is 1. The van der Waals surface area contributed by atoms with E-state index >= 15 is 0 Å². The van der Waals surface area contributed by atoms with Crippen molar-refractivity contribution in [1.29, 1.82) is 0 Å². The second-order valence-corrected chi connectivity index (χ2v) is 6.68. The van der Waals surface area contributed by atoms with Crippen LogP contribution in [0, 0.1) is 12.3 Å². The van der Waals surface area contributed by atoms with Gasteiger partial charge < -0.3 is 0 Å². The molecule has 1 unspecified atom stereocenters. The zero-order chi connectivity index (χ0) is 18.9. The van der Waals surface area contributed by atoms with E-state index in [1.165, 1.54) is 18.3 Å². The maximum atomic E-state index is 11.4. The summed E-state index contributed by atoms with van der Waals surface area (Å²) in [5.41, 5.74) is 1.39. The summed E-state index contributed by atoms with van der Waals surface area (Å²) in [6, 6.07) is 5.42. The fourth-order valence-corrected chi connectivity index (χ4v) is 2.64. The highest BCUT2D eigenvalue weighted by molar-refractivity contribution is 7.89. The molecule has 0 bridgehead atoms. The number of sulfonamides is 1. The van der Waals surface area contributed by atoms with E-state index in [4.69, 9.17) is 23.2 Å². The van der Waals surface area contributed by atoms with E-state index in [-0.39, 0.29) is 10.8 Å². The number of nitrogens with two attached hydrogens (primary N) is 1. The largest absolute Gasteiger partial charge is 0.246 e. The molecule has 1 atom stereocenters. The molecule has 0 aliphatic rings. The molecule has 0 saturated heterocycles. The van der Waals surface area contributed by atoms with Crippen molar-refractivity contribution in [1.82, 2.24) is 0 Å². The molecular weight excluding hydrogens is 358 g/mol. The first-order chi connectivity index (χ1) is 11.9. The first-order valence-electron chi connectivity index (χ1n) is 7.31. The minimum absolute atomic E-state index is 0.00471. The second kappa shape index (κ2) is 9.84. The number of anilines is 1. The van der Waals surface area contributed by atoms with Crippen LogP contribution in [0.1, 0.15) is 6.92 Å². The van der Waals surface area contributed by atoms with Gasteiger partial charge in [0.2, 0.25) is 10.0 Å². The van der Waals surface area contributed by atoms with Crippen molar-refractivity contribution in [3.05, 3.63) is 60.7 Å². The van der Waals surface area contributed by atoms with Crippen LogP contribution in [0.4, 0.5) is 5.69 Å². The molecule has 1 rings (SSSR count). The van der Waals surface area contributed by atoms with Gasteiger partial charge >= 0.3 is 0 Å². The molecular formula is C18H20ClN3O2S. The number of terminal acetylenes is 1. The van der Waals surface area contributed by atoms with Crippen LogP contribution in [0.2, 0.25) is 0 Å². The van der Waals surface area contributed by atoms with E-state index in [0.29, 0.717) is 5.69 Å². The van der Waals surface area contributed by atoms with Gasteiger partial charge in [0.15, 0.2) is 0 Å². The molecule has 1 aromatic carbocycles. The van der Waals surface area contributed by atoms with E-state index in [0.717, 1.165) is 5.57 Å². The predicted octanol–water partition coefficient (Wildman–Crippen LogP) is 3.06. The van der Waals surface area contributed by atoms with Crippen molar-refractivity contribution in [2.75, 3.05) is 10.9 Å². The Hall–Kier alpha value is -2.33. The lowest BCUT2D eigenvalue weighted by Crippen LogP contribution is -2.31. The Balaban J connectivity index is 3.41. The van der Waals surface area contributed by atoms with Gasteiger partial charge in [-0.1, -0.05) is 36.8 Å². The zero-order valence-corrected chi connectivity index (χ0v) is 15.4. The number of allylic oxidation sites excluding steroid dienone is 3. The van der Waals surface area contributed by atoms with Crippen LogP contribution < -0.4 is 10.1 Å². The summed E-state index contributed by atoms with van der Waals surface area (Å²) >= 11 is 5.70. The van der Waals surface area contributed by atoms with Gasteiger partial charge in [0, 0.05) is 6.21 Å². The zero-order valence-electron chi connectivity index (χ0n) is 13.8. The second-order valence-electron chi connectivity index (χ2n) is 4.81. The van der Waals surface area contributed by atoms with E-state index in [2.05, 4.69) is 17.6 Å². The molecule has 0 fully saturated rings. The Morgan fingerprint density at radius 1 is 1.48 bits per heavy atom. The quantitative estimate of drug-likeness (QED) is 0.249. The number of rotatable bonds is 8. The van der Waals surface area contributed by atoms with Crippen LogP contribution in [0.15, 0.2) is 70.7 Å². The van der Waals surface area contributed by atoms with Crippen molar-refractivity contribution in [2.24, 2.45) is 10.2 Å². The van der Waals surface area contributed by atoms with Gasteiger partial charge in [-0.25, -0.2) is 18.6 Å². The molecule has 0 radical (unpaired) electrons. The van der Waals surface area contributed by atoms with E-state index in [9.17, 15) is 8.42 Å². The lowest BCUT2D eigenvalue weighted by atomic mass is 10.1. The fraction of sp³-hybridized carbons (Fsp3) is 0.167. The first-order valence-corrected chi connectivity index (χ1v) is 9.39. The van der Waals surface area contributed by atoms with Crippen molar-refractivity contribution in [2.45, 2.75) is 17.9 Å². The number of nitrogens with zero attached hydrogens (tertiary/aromatic N) is 2. The maximum absolute atomic E-state index is 11.4. The van der Waals surface area contributed by atoms with Crippen LogP contribution in [-0.4, -0.2) is 26.6 Å². The van der Waals surface area contributed by atoms with Crippen LogP contribution in [0.5, 0.6) is 0 Å². The fourth-order valence-electron chi connectivity index (χ4n) is 2.06. The number of alkyl halides is 1. The van der Waals surface area contributed by atoms with Crippen molar-refractivity contribution < 1.29 is 8.42 Å². The summed E-state index contributed by atoms with van der Waals surface area (Å²) in [6.07, 6.45) is 14.3. The third-order valence-electron chi connectivity index (χ3n) is 3.09. The number of hydrazone groups is 1. The predicted molar refractivity (Wildman–Crippen MR) is 105 cm³/mol. The number of hydrogen-bond acceptors (Lipinski definition) is 4. The minimum Gasteiger partial charge on any atom is -0.246 e. The minimum atomic E-state index is -3.78.